The number of benzene rings is 1. The van der Waals surface area contributed by atoms with E-state index >= 15 is 0 Å². The van der Waals surface area contributed by atoms with Crippen LogP contribution in [0.5, 0.6) is 5.75 Å². The highest BCUT2D eigenvalue weighted by Gasteiger charge is 2.46. The molecule has 3 amide bonds. The lowest BCUT2D eigenvalue weighted by molar-refractivity contribution is -0.145. The number of fused-ring (bicyclic) bond motifs is 2. The molecule has 0 radical (unpaired) electrons. The molecule has 1 aromatic carbocycles. The highest BCUT2D eigenvalue weighted by molar-refractivity contribution is 6.35. The minimum Gasteiger partial charge on any atom is -0.501 e. The summed E-state index contributed by atoms with van der Waals surface area (Å²) in [5, 5.41) is 16.3. The molecule has 3 heterocycles. The molecule has 1 unspecified atom stereocenters. The smallest absolute Gasteiger partial charge is 0.311 e. The number of aryl methyl sites for hydroxylation is 1. The van der Waals surface area contributed by atoms with E-state index in [1.165, 1.54) is 23.6 Å². The predicted octanol–water partition coefficient (Wildman–Crippen LogP) is 1.30. The highest BCUT2D eigenvalue weighted by atomic mass is 16.3. The van der Waals surface area contributed by atoms with Gasteiger partial charge in [-0.2, -0.15) is 0 Å². The molecule has 5 rings (SSSR count). The second kappa shape index (κ2) is 10.1. The van der Waals surface area contributed by atoms with Crippen molar-refractivity contribution in [1.29, 1.82) is 0 Å². The number of nitrogens with zero attached hydrogens (tertiary/aromatic N) is 3. The Morgan fingerprint density at radius 3 is 2.50 bits per heavy atom. The van der Waals surface area contributed by atoms with Crippen LogP contribution in [0.25, 0.3) is 0 Å². The van der Waals surface area contributed by atoms with Gasteiger partial charge in [0.15, 0.2) is 5.69 Å². The minimum absolute atomic E-state index is 0.178. The minimum atomic E-state index is -1.07. The van der Waals surface area contributed by atoms with E-state index in [0.29, 0.717) is 25.8 Å². The Kier molecular flexibility index (Phi) is 7.14. The Labute approximate surface area is 209 Å². The number of carbonyl (C=O) groups is 3. The maximum Gasteiger partial charge on any atom is 0.311 e. The van der Waals surface area contributed by atoms with E-state index in [1.807, 2.05) is 37.3 Å². The normalized spacial score (nSPS) is 21.1. The largest absolute Gasteiger partial charge is 0.501 e. The molecule has 3 aliphatic rings. The van der Waals surface area contributed by atoms with Crippen LogP contribution in [-0.4, -0.2) is 57.4 Å². The number of aromatic nitrogens is 2. The molecular weight excluding hydrogens is 462 g/mol. The first-order chi connectivity index (χ1) is 17.1. The molecule has 36 heavy (non-hydrogen) atoms. The van der Waals surface area contributed by atoms with Crippen molar-refractivity contribution in [3.63, 3.8) is 0 Å². The van der Waals surface area contributed by atoms with Gasteiger partial charge in [0.05, 0.1) is 5.54 Å². The third-order valence-electron chi connectivity index (χ3n) is 7.23. The second-order valence-electron chi connectivity index (χ2n) is 10.1. The molecule has 2 aromatic rings. The van der Waals surface area contributed by atoms with E-state index in [0.717, 1.165) is 24.8 Å². The summed E-state index contributed by atoms with van der Waals surface area (Å²) in [6, 6.07) is 9.65. The summed E-state index contributed by atoms with van der Waals surface area (Å²) < 4.78 is 1.36. The molecule has 1 aromatic heterocycles. The Hall–Kier alpha value is -3.69. The van der Waals surface area contributed by atoms with Gasteiger partial charge in [-0.25, -0.2) is 4.98 Å². The summed E-state index contributed by atoms with van der Waals surface area (Å²) in [7, 11) is 2.97. The quantitative estimate of drug-likeness (QED) is 0.518. The fourth-order valence-electron chi connectivity index (χ4n) is 5.12. The Morgan fingerprint density at radius 1 is 1.19 bits per heavy atom. The van der Waals surface area contributed by atoms with Crippen molar-refractivity contribution in [3.05, 3.63) is 57.8 Å². The first-order valence-corrected chi connectivity index (χ1v) is 12.3. The van der Waals surface area contributed by atoms with Gasteiger partial charge in [-0.15, -0.1) is 0 Å². The van der Waals surface area contributed by atoms with Crippen LogP contribution in [0, 0.1) is 5.92 Å². The molecule has 0 saturated heterocycles. The van der Waals surface area contributed by atoms with Gasteiger partial charge in [0.25, 0.3) is 11.5 Å². The van der Waals surface area contributed by atoms with Crippen LogP contribution < -0.4 is 16.2 Å². The topological polar surface area (TPSA) is 134 Å². The van der Waals surface area contributed by atoms with Gasteiger partial charge in [0.2, 0.25) is 5.75 Å². The molecular formula is C26H33N5O5. The van der Waals surface area contributed by atoms with Crippen LogP contribution in [-0.2, 0) is 28.1 Å². The number of carbonyl (C=O) groups excluding carboxylic acids is 3. The number of likely N-dealkylation sites (N-methyl/N-ethyl adjacent to an activating group) is 1. The second-order valence-corrected chi connectivity index (χ2v) is 10.1. The van der Waals surface area contributed by atoms with E-state index < -0.39 is 34.6 Å². The van der Waals surface area contributed by atoms with E-state index in [4.69, 9.17) is 0 Å². The van der Waals surface area contributed by atoms with Crippen molar-refractivity contribution in [2.75, 3.05) is 14.1 Å². The molecule has 1 aliphatic carbocycles. The van der Waals surface area contributed by atoms with Crippen molar-refractivity contribution >= 4 is 17.7 Å². The summed E-state index contributed by atoms with van der Waals surface area (Å²) in [4.78, 5) is 57.0. The van der Waals surface area contributed by atoms with Crippen LogP contribution in [0.1, 0.15) is 60.9 Å². The Morgan fingerprint density at radius 2 is 1.86 bits per heavy atom. The predicted molar refractivity (Wildman–Crippen MR) is 132 cm³/mol. The molecule has 3 N–H and O–H groups in total. The summed E-state index contributed by atoms with van der Waals surface area (Å²) >= 11 is 0. The van der Waals surface area contributed by atoms with Crippen molar-refractivity contribution in [2.24, 2.45) is 5.92 Å². The molecule has 2 aliphatic heterocycles. The van der Waals surface area contributed by atoms with Crippen molar-refractivity contribution in [3.8, 4) is 5.75 Å². The van der Waals surface area contributed by atoms with E-state index in [2.05, 4.69) is 15.6 Å². The van der Waals surface area contributed by atoms with Crippen LogP contribution in [0.2, 0.25) is 0 Å². The van der Waals surface area contributed by atoms with Crippen LogP contribution in [0.15, 0.2) is 35.1 Å². The zero-order chi connectivity index (χ0) is 26.0. The van der Waals surface area contributed by atoms with Gasteiger partial charge < -0.3 is 20.6 Å². The fraction of sp³-hybridized carbons (Fsp3) is 0.500. The summed E-state index contributed by atoms with van der Waals surface area (Å²) in [6.45, 7) is 2.19. The van der Waals surface area contributed by atoms with Gasteiger partial charge in [0.1, 0.15) is 5.82 Å². The van der Waals surface area contributed by atoms with Gasteiger partial charge in [-0.05, 0) is 56.9 Å². The lowest BCUT2D eigenvalue weighted by Crippen LogP contribution is -2.53. The fourth-order valence-corrected chi connectivity index (χ4v) is 5.12. The molecule has 1 atom stereocenters. The SMILES string of the molecule is CC(CCc1ccccc1)NC(=O)c1nc2n(c(=O)c1O)CC1CCC2(NC(=O)C(=O)N(C)C)CC1. The number of amides is 3. The highest BCUT2D eigenvalue weighted by Crippen LogP contribution is 2.42. The zero-order valence-corrected chi connectivity index (χ0v) is 20.9. The van der Waals surface area contributed by atoms with Crippen molar-refractivity contribution in [1.82, 2.24) is 25.1 Å². The molecule has 0 spiro atoms. The number of aromatic hydroxyl groups is 1. The van der Waals surface area contributed by atoms with Crippen molar-refractivity contribution in [2.45, 2.75) is 63.6 Å². The first-order valence-electron chi connectivity index (χ1n) is 12.3. The lowest BCUT2D eigenvalue weighted by atomic mass is 9.77. The van der Waals surface area contributed by atoms with Crippen molar-refractivity contribution < 1.29 is 19.5 Å². The number of hydrogen-bond donors (Lipinski definition) is 3. The summed E-state index contributed by atoms with van der Waals surface area (Å²) in [6.07, 6.45) is 3.82. The lowest BCUT2D eigenvalue weighted by Gasteiger charge is -2.37. The van der Waals surface area contributed by atoms with Gasteiger partial charge in [-0.1, -0.05) is 30.3 Å². The Balaban J connectivity index is 1.62. The van der Waals surface area contributed by atoms with E-state index in [1.54, 1.807) is 0 Å². The zero-order valence-electron chi connectivity index (χ0n) is 20.9. The maximum absolute atomic E-state index is 13.2. The third kappa shape index (κ3) is 4.98. The van der Waals surface area contributed by atoms with Crippen LogP contribution in [0.4, 0.5) is 0 Å². The monoisotopic (exact) mass is 495 g/mol. The Bertz CT molecular complexity index is 1220. The number of hydrogen-bond acceptors (Lipinski definition) is 6. The van der Waals surface area contributed by atoms with Gasteiger partial charge in [0, 0.05) is 26.7 Å². The standard InChI is InChI=1S/C26H33N5O5/c1-16(9-10-17-7-5-4-6-8-17)27-21(33)19-20(32)23(35)31-15-18-11-13-26(14-12-18,25(31)28-19)29-22(34)24(36)30(2)3/h4-8,16,18,32H,9-15H2,1-3H3,(H,27,33)(H,29,34). The van der Waals surface area contributed by atoms with E-state index in [-0.39, 0.29) is 23.5 Å². The molecule has 10 nitrogen and oxygen atoms in total. The summed E-state index contributed by atoms with van der Waals surface area (Å²) in [5.41, 5.74) is -1.01. The molecule has 1 fully saturated rings. The average molecular weight is 496 g/mol. The van der Waals surface area contributed by atoms with E-state index in [9.17, 15) is 24.3 Å². The molecule has 192 valence electrons. The number of nitrogens with one attached hydrogen (secondary N) is 2. The molecule has 10 heteroatoms. The summed E-state index contributed by atoms with van der Waals surface area (Å²) in [5.74, 6) is -2.48. The molecule has 2 bridgehead atoms. The van der Waals surface area contributed by atoms with Gasteiger partial charge >= 0.3 is 11.8 Å². The van der Waals surface area contributed by atoms with Crippen LogP contribution in [0.3, 0.4) is 0 Å². The maximum atomic E-state index is 13.2. The van der Waals surface area contributed by atoms with Crippen LogP contribution >= 0.6 is 0 Å². The number of rotatable bonds is 6. The average Bonchev–Trinajstić information content (AvgIpc) is 3.11. The van der Waals surface area contributed by atoms with Gasteiger partial charge in [-0.3, -0.25) is 23.7 Å². The first kappa shape index (κ1) is 25.4. The third-order valence-corrected chi connectivity index (χ3v) is 7.23. The molecule has 1 saturated carbocycles.